The van der Waals surface area contributed by atoms with Crippen LogP contribution in [0.4, 0.5) is 9.59 Å². The van der Waals surface area contributed by atoms with Crippen molar-refractivity contribution in [2.24, 2.45) is 0 Å². The minimum absolute atomic E-state index is 0.0794. The lowest BCUT2D eigenvalue weighted by atomic mass is 9.90. The molecule has 4 aliphatic rings. The zero-order valence-corrected chi connectivity index (χ0v) is 37.3. The van der Waals surface area contributed by atoms with Gasteiger partial charge in [-0.1, -0.05) is 24.3 Å². The second-order valence-corrected chi connectivity index (χ2v) is 16.4. The molecule has 0 radical (unpaired) electrons. The smallest absolute Gasteiger partial charge is 0.317 e. The molecule has 2 aliphatic heterocycles. The van der Waals surface area contributed by atoms with E-state index in [0.717, 1.165) is 102 Å². The van der Waals surface area contributed by atoms with Crippen LogP contribution in [0.5, 0.6) is 11.5 Å². The maximum Gasteiger partial charge on any atom is 0.317 e. The largest absolute Gasteiger partial charge is 0.545 e. The fourth-order valence-electron chi connectivity index (χ4n) is 8.04. The zero-order valence-electron chi connectivity index (χ0n) is 37.3. The normalized spacial score (nSPS) is 21.8. The fraction of sp³-hybridized carbons (Fsp3) is 0.609. The number of methoxy groups -OCH3 is 2. The van der Waals surface area contributed by atoms with Crippen molar-refractivity contribution in [3.8, 4) is 11.5 Å². The number of carbonyl (C=O) groups is 4. The molecule has 2 aromatic rings. The molecule has 6 rings (SSSR count). The molecule has 2 saturated carbocycles. The summed E-state index contributed by atoms with van der Waals surface area (Å²) in [4.78, 5) is 46.3. The molecular weight excluding hydrogens is 829 g/mol. The zero-order chi connectivity index (χ0) is 46.1. The van der Waals surface area contributed by atoms with E-state index in [9.17, 15) is 39.6 Å². The van der Waals surface area contributed by atoms with Crippen molar-refractivity contribution in [1.82, 2.24) is 31.1 Å². The number of hydrogen-bond acceptors (Lipinski definition) is 14. The van der Waals surface area contributed by atoms with E-state index in [-0.39, 0.29) is 25.3 Å². The highest BCUT2D eigenvalue weighted by atomic mass is 16.5. The number of nitrogens with one attached hydrogen (secondary N) is 4. The molecule has 2 atom stereocenters. The van der Waals surface area contributed by atoms with Crippen molar-refractivity contribution >= 4 is 24.0 Å². The molecule has 356 valence electrons. The molecule has 18 heteroatoms. The summed E-state index contributed by atoms with van der Waals surface area (Å²) in [6, 6.07) is 17.5. The Morgan fingerprint density at radius 2 is 1.02 bits per heavy atom. The number of urea groups is 2. The Bertz CT molecular complexity index is 1580. The van der Waals surface area contributed by atoms with Crippen LogP contribution in [0.25, 0.3) is 0 Å². The molecule has 0 bridgehead atoms. The Hall–Kier alpha value is -4.98. The van der Waals surface area contributed by atoms with Gasteiger partial charge in [0.15, 0.2) is 0 Å². The third-order valence-corrected chi connectivity index (χ3v) is 11.6. The van der Waals surface area contributed by atoms with Gasteiger partial charge in [0.2, 0.25) is 0 Å². The molecule has 2 aromatic carbocycles. The number of amides is 4. The summed E-state index contributed by atoms with van der Waals surface area (Å²) in [5, 5.41) is 51.9. The number of nitrogens with zero attached hydrogens (tertiary/aromatic N) is 2. The van der Waals surface area contributed by atoms with Gasteiger partial charge in [0.1, 0.15) is 36.9 Å². The Morgan fingerprint density at radius 1 is 0.656 bits per heavy atom. The molecule has 0 aromatic heterocycles. The third-order valence-electron chi connectivity index (χ3n) is 11.6. The maximum absolute atomic E-state index is 11.8. The number of carboxylic acids is 2. The van der Waals surface area contributed by atoms with Gasteiger partial charge in [-0.25, -0.2) is 9.59 Å². The third kappa shape index (κ3) is 19.4. The Morgan fingerprint density at radius 3 is 1.31 bits per heavy atom. The fourth-order valence-corrected chi connectivity index (χ4v) is 8.04. The topological polar surface area (TPSA) is 246 Å². The van der Waals surface area contributed by atoms with Crippen LogP contribution in [0.2, 0.25) is 0 Å². The molecule has 18 nitrogen and oxygen atoms in total. The minimum atomic E-state index is -1.55. The van der Waals surface area contributed by atoms with Crippen LogP contribution < -0.4 is 41.0 Å². The van der Waals surface area contributed by atoms with E-state index in [2.05, 4.69) is 21.3 Å². The lowest BCUT2D eigenvalue weighted by molar-refractivity contribution is -0.301. The number of hydrogen-bond donors (Lipinski definition) is 6. The molecule has 64 heavy (non-hydrogen) atoms. The van der Waals surface area contributed by atoms with Crippen molar-refractivity contribution in [2.45, 2.75) is 101 Å². The van der Waals surface area contributed by atoms with E-state index in [1.807, 2.05) is 58.3 Å². The predicted octanol–water partition coefficient (Wildman–Crippen LogP) is 0.125. The maximum atomic E-state index is 11.8. The highest BCUT2D eigenvalue weighted by Gasteiger charge is 2.32. The van der Waals surface area contributed by atoms with E-state index in [0.29, 0.717) is 62.6 Å². The van der Waals surface area contributed by atoms with Crippen molar-refractivity contribution in [2.75, 3.05) is 79.9 Å². The molecule has 2 aliphatic carbocycles. The first-order valence-electron chi connectivity index (χ1n) is 22.4. The van der Waals surface area contributed by atoms with Gasteiger partial charge in [0, 0.05) is 77.7 Å². The van der Waals surface area contributed by atoms with Gasteiger partial charge in [-0.05, 0) is 112 Å². The number of rotatable bonds is 22. The van der Waals surface area contributed by atoms with E-state index in [1.165, 1.54) is 11.1 Å². The van der Waals surface area contributed by atoms with Gasteiger partial charge >= 0.3 is 12.1 Å². The van der Waals surface area contributed by atoms with E-state index >= 15 is 0 Å². The van der Waals surface area contributed by atoms with Crippen LogP contribution in [-0.2, 0) is 31.9 Å². The van der Waals surface area contributed by atoms with E-state index in [1.54, 1.807) is 14.2 Å². The lowest BCUT2D eigenvalue weighted by Gasteiger charge is -2.34. The van der Waals surface area contributed by atoms with Crippen LogP contribution in [-0.4, -0.2) is 160 Å². The van der Waals surface area contributed by atoms with E-state index in [4.69, 9.17) is 18.9 Å². The van der Waals surface area contributed by atoms with Crippen molar-refractivity contribution in [1.29, 1.82) is 0 Å². The average molecular weight is 897 g/mol. The monoisotopic (exact) mass is 896 g/mol. The van der Waals surface area contributed by atoms with Crippen molar-refractivity contribution in [3.63, 3.8) is 0 Å². The summed E-state index contributed by atoms with van der Waals surface area (Å²) < 4.78 is 21.5. The van der Waals surface area contributed by atoms with Gasteiger partial charge in [0.25, 0.3) is 0 Å². The minimum Gasteiger partial charge on any atom is -0.545 e. The van der Waals surface area contributed by atoms with Gasteiger partial charge in [0.05, 0.1) is 25.2 Å². The summed E-state index contributed by atoms with van der Waals surface area (Å²) in [7, 11) is 3.40. The molecule has 6 N–H and O–H groups in total. The number of aliphatic hydroxyl groups excluding tert-OH is 2. The molecule has 4 fully saturated rings. The predicted molar refractivity (Wildman–Crippen MR) is 235 cm³/mol. The summed E-state index contributed by atoms with van der Waals surface area (Å²) in [6.45, 7) is 6.17. The number of carbonyl (C=O) groups excluding carboxylic acids is 4. The van der Waals surface area contributed by atoms with Crippen LogP contribution in [0.15, 0.2) is 60.7 Å². The second-order valence-electron chi connectivity index (χ2n) is 16.4. The lowest BCUT2D eigenvalue weighted by Crippen LogP contribution is -2.45. The quantitative estimate of drug-likeness (QED) is 0.0861. The SMILES string of the molecule is COCCc1ccc(OCC(O)CNC2CCC(N3CCNC3=O)CC2)cc1.COCCc1ccc(OCC(O)CNC2CCC(N3CCNC3=O)CC2)cc1.O=C([O-])/C=C/C(=O)[O-]. The van der Waals surface area contributed by atoms with Gasteiger partial charge in [-0.15, -0.1) is 0 Å². The standard InChI is InChI=1S/2C21H33N3O4.C4H4O4/c2*1-27-13-10-16-2-8-20(9-3-16)28-15-19(25)14-23-17-4-6-18(7-5-17)24-12-11-22-21(24)26;5-3(6)1-2-4(7)8/h2*2-3,8-9,17-19,23,25H,4-7,10-15H2,1H3,(H,22,26);1-2H,(H,5,6)(H,7,8)/p-2/b;;2-1+. The van der Waals surface area contributed by atoms with Gasteiger partial charge in [-0.3, -0.25) is 0 Å². The summed E-state index contributed by atoms with van der Waals surface area (Å²) >= 11 is 0. The number of aliphatic carboxylic acids is 2. The Balaban J connectivity index is 0.000000240. The molecule has 2 saturated heterocycles. The number of ether oxygens (including phenoxy) is 4. The van der Waals surface area contributed by atoms with Crippen LogP contribution in [0.3, 0.4) is 0 Å². The molecule has 2 heterocycles. The van der Waals surface area contributed by atoms with Crippen molar-refractivity contribution < 1.29 is 58.6 Å². The van der Waals surface area contributed by atoms with E-state index < -0.39 is 24.1 Å². The van der Waals surface area contributed by atoms with Crippen LogP contribution >= 0.6 is 0 Å². The number of carboxylic acid groups (broad SMARTS) is 2. The van der Waals surface area contributed by atoms with Gasteiger partial charge in [-0.2, -0.15) is 0 Å². The van der Waals surface area contributed by atoms with Crippen molar-refractivity contribution in [3.05, 3.63) is 71.8 Å². The number of benzene rings is 2. The second kappa shape index (κ2) is 28.7. The first-order valence-corrected chi connectivity index (χ1v) is 22.4. The summed E-state index contributed by atoms with van der Waals surface area (Å²) in [6.07, 6.45) is 9.66. The summed E-state index contributed by atoms with van der Waals surface area (Å²) in [5.74, 6) is -1.56. The Labute approximate surface area is 376 Å². The van der Waals surface area contributed by atoms with Gasteiger partial charge < -0.3 is 80.0 Å². The molecule has 4 amide bonds. The van der Waals surface area contributed by atoms with Crippen LogP contribution in [0.1, 0.15) is 62.5 Å². The summed E-state index contributed by atoms with van der Waals surface area (Å²) in [5.41, 5.74) is 2.41. The first-order chi connectivity index (χ1) is 30.9. The first kappa shape index (κ1) is 51.7. The number of aliphatic hydroxyl groups is 2. The van der Waals surface area contributed by atoms with Crippen LogP contribution in [0, 0.1) is 0 Å². The highest BCUT2D eigenvalue weighted by Crippen LogP contribution is 2.26. The highest BCUT2D eigenvalue weighted by molar-refractivity contribution is 5.87. The molecule has 2 unspecified atom stereocenters. The Kier molecular flexibility index (Phi) is 23.2. The molecular formula is C46H68N6O12-2. The molecule has 0 spiro atoms. The average Bonchev–Trinajstić information content (AvgIpc) is 3.95.